The van der Waals surface area contributed by atoms with E-state index in [0.717, 1.165) is 17.4 Å². The summed E-state index contributed by atoms with van der Waals surface area (Å²) >= 11 is 0. The van der Waals surface area contributed by atoms with E-state index in [1.54, 1.807) is 0 Å². The lowest BCUT2D eigenvalue weighted by atomic mass is 9.85. The minimum Gasteiger partial charge on any atom is -0.274 e. The Kier molecular flexibility index (Phi) is 2.59. The van der Waals surface area contributed by atoms with Gasteiger partial charge in [-0.15, -0.1) is 0 Å². The van der Waals surface area contributed by atoms with Crippen LogP contribution >= 0.6 is 0 Å². The minimum atomic E-state index is -4.61. The van der Waals surface area contributed by atoms with E-state index < -0.39 is 35.4 Å². The van der Waals surface area contributed by atoms with Crippen LogP contribution in [-0.4, -0.2) is 11.8 Å². The fraction of sp³-hybridized carbons (Fsp3) is 0.375. The summed E-state index contributed by atoms with van der Waals surface area (Å²) in [6, 6.07) is 4.75. The number of hydrogen-bond acceptors (Lipinski definition) is 2. The Morgan fingerprint density at radius 1 is 0.955 bits per heavy atom. The first kappa shape index (κ1) is 13.5. The second-order valence-corrected chi connectivity index (χ2v) is 6.03. The Bertz CT molecular complexity index is 680. The van der Waals surface area contributed by atoms with Gasteiger partial charge in [-0.05, 0) is 30.4 Å². The van der Waals surface area contributed by atoms with Crippen molar-refractivity contribution in [2.75, 3.05) is 4.90 Å². The lowest BCUT2D eigenvalue weighted by Gasteiger charge is -2.21. The van der Waals surface area contributed by atoms with Crippen LogP contribution in [0, 0.1) is 23.7 Å². The molecule has 1 heterocycles. The van der Waals surface area contributed by atoms with Crippen molar-refractivity contribution in [3.8, 4) is 0 Å². The Labute approximate surface area is 124 Å². The number of rotatable bonds is 1. The largest absolute Gasteiger partial charge is 0.418 e. The van der Waals surface area contributed by atoms with E-state index in [-0.39, 0.29) is 17.5 Å². The molecular formula is C16H12F3NO2. The van der Waals surface area contributed by atoms with Gasteiger partial charge >= 0.3 is 6.18 Å². The molecule has 3 nitrogen and oxygen atoms in total. The number of benzene rings is 1. The molecule has 0 radical (unpaired) electrons. The van der Waals surface area contributed by atoms with Crippen LogP contribution in [0.15, 0.2) is 36.4 Å². The van der Waals surface area contributed by atoms with Crippen molar-refractivity contribution < 1.29 is 22.8 Å². The Morgan fingerprint density at radius 2 is 1.50 bits per heavy atom. The highest BCUT2D eigenvalue weighted by atomic mass is 19.4. The molecule has 1 aromatic rings. The molecular weight excluding hydrogens is 295 g/mol. The van der Waals surface area contributed by atoms with Crippen LogP contribution in [0.4, 0.5) is 18.9 Å². The van der Waals surface area contributed by atoms with E-state index >= 15 is 0 Å². The van der Waals surface area contributed by atoms with Gasteiger partial charge in [-0.2, -0.15) is 13.2 Å². The summed E-state index contributed by atoms with van der Waals surface area (Å²) in [6.45, 7) is 0. The third-order valence-electron chi connectivity index (χ3n) is 4.92. The molecule has 0 aromatic heterocycles. The number of nitrogens with zero attached hydrogens (tertiary/aromatic N) is 1. The van der Waals surface area contributed by atoms with Gasteiger partial charge in [0.25, 0.3) is 0 Å². The fourth-order valence-corrected chi connectivity index (χ4v) is 4.05. The van der Waals surface area contributed by atoms with Crippen molar-refractivity contribution in [3.05, 3.63) is 42.0 Å². The van der Waals surface area contributed by atoms with E-state index in [1.807, 2.05) is 12.2 Å². The topological polar surface area (TPSA) is 37.4 Å². The number of amides is 2. The molecule has 1 aliphatic heterocycles. The summed E-state index contributed by atoms with van der Waals surface area (Å²) in [4.78, 5) is 25.9. The lowest BCUT2D eigenvalue weighted by molar-refractivity contribution is -0.137. The lowest BCUT2D eigenvalue weighted by Crippen LogP contribution is -2.34. The van der Waals surface area contributed by atoms with E-state index in [9.17, 15) is 22.8 Å². The first-order valence-corrected chi connectivity index (χ1v) is 7.12. The second kappa shape index (κ2) is 4.21. The van der Waals surface area contributed by atoms with E-state index in [0.29, 0.717) is 0 Å². The average Bonchev–Trinajstić information content (AvgIpc) is 3.12. The third-order valence-corrected chi connectivity index (χ3v) is 4.92. The number of alkyl halides is 3. The molecule has 2 bridgehead atoms. The summed E-state index contributed by atoms with van der Waals surface area (Å²) in [6.07, 6.45) is -0.0278. The zero-order chi connectivity index (χ0) is 15.6. The van der Waals surface area contributed by atoms with E-state index in [2.05, 4.69) is 0 Å². The molecule has 4 rings (SSSR count). The Hall–Kier alpha value is -2.11. The quantitative estimate of drug-likeness (QED) is 0.591. The van der Waals surface area contributed by atoms with Crippen molar-refractivity contribution in [1.29, 1.82) is 0 Å². The number of anilines is 1. The molecule has 0 spiro atoms. The normalized spacial score (nSPS) is 33.0. The molecule has 1 saturated heterocycles. The number of imide groups is 1. The molecule has 114 valence electrons. The maximum atomic E-state index is 13.2. The maximum absolute atomic E-state index is 13.2. The first-order chi connectivity index (χ1) is 10.4. The summed E-state index contributed by atoms with van der Waals surface area (Å²) < 4.78 is 39.5. The van der Waals surface area contributed by atoms with Crippen LogP contribution in [0.1, 0.15) is 12.0 Å². The van der Waals surface area contributed by atoms with Gasteiger partial charge in [-0.1, -0.05) is 24.3 Å². The van der Waals surface area contributed by atoms with Crippen LogP contribution in [0.3, 0.4) is 0 Å². The van der Waals surface area contributed by atoms with Crippen molar-refractivity contribution in [1.82, 2.24) is 0 Å². The molecule has 1 aromatic carbocycles. The minimum absolute atomic E-state index is 0.0190. The SMILES string of the molecule is O=C1[C@@H]2[C@@H](C(=O)N1c1ccccc1C(F)(F)F)[C@H]1C=C[C@H]2C1. The van der Waals surface area contributed by atoms with Crippen molar-refractivity contribution in [3.63, 3.8) is 0 Å². The molecule has 4 atom stereocenters. The van der Waals surface area contributed by atoms with Crippen molar-refractivity contribution in [2.24, 2.45) is 23.7 Å². The van der Waals surface area contributed by atoms with Crippen LogP contribution in [0.2, 0.25) is 0 Å². The van der Waals surface area contributed by atoms with Gasteiger partial charge in [0.15, 0.2) is 0 Å². The second-order valence-electron chi connectivity index (χ2n) is 6.03. The highest BCUT2D eigenvalue weighted by molar-refractivity contribution is 6.23. The zero-order valence-electron chi connectivity index (χ0n) is 11.4. The molecule has 2 aliphatic carbocycles. The number of fused-ring (bicyclic) bond motifs is 5. The number of allylic oxidation sites excluding steroid dienone is 2. The smallest absolute Gasteiger partial charge is 0.274 e. The van der Waals surface area contributed by atoms with E-state index in [1.165, 1.54) is 18.2 Å². The van der Waals surface area contributed by atoms with Gasteiger partial charge < -0.3 is 0 Å². The summed E-state index contributed by atoms with van der Waals surface area (Å²) in [5.41, 5.74) is -1.30. The van der Waals surface area contributed by atoms with Crippen LogP contribution < -0.4 is 4.90 Å². The summed E-state index contributed by atoms with van der Waals surface area (Å²) in [7, 11) is 0. The highest BCUT2D eigenvalue weighted by Gasteiger charge is 2.60. The fourth-order valence-electron chi connectivity index (χ4n) is 4.05. The van der Waals surface area contributed by atoms with Gasteiger partial charge in [0.05, 0.1) is 23.1 Å². The molecule has 2 amide bonds. The van der Waals surface area contributed by atoms with Gasteiger partial charge in [0.2, 0.25) is 11.8 Å². The standard InChI is InChI=1S/C16H12F3NO2/c17-16(18,19)10-3-1-2-4-11(10)20-14(21)12-8-5-6-9(7-8)13(12)15(20)22/h1-6,8-9,12-13H,7H2/t8-,9-,12-,13-/m0/s1. The summed E-state index contributed by atoms with van der Waals surface area (Å²) in [5, 5.41) is 0. The molecule has 6 heteroatoms. The predicted molar refractivity (Wildman–Crippen MR) is 71.7 cm³/mol. The van der Waals surface area contributed by atoms with Crippen LogP contribution in [0.25, 0.3) is 0 Å². The van der Waals surface area contributed by atoms with Crippen LogP contribution in [-0.2, 0) is 15.8 Å². The Balaban J connectivity index is 1.80. The van der Waals surface area contributed by atoms with Crippen molar-refractivity contribution in [2.45, 2.75) is 12.6 Å². The number of hydrogen-bond donors (Lipinski definition) is 0. The Morgan fingerprint density at radius 3 is 2.05 bits per heavy atom. The number of para-hydroxylation sites is 1. The number of carbonyl (C=O) groups is 2. The van der Waals surface area contributed by atoms with Gasteiger partial charge in [0.1, 0.15) is 0 Å². The molecule has 0 unspecified atom stereocenters. The van der Waals surface area contributed by atoms with Gasteiger partial charge in [-0.3, -0.25) is 9.59 Å². The molecule has 2 fully saturated rings. The van der Waals surface area contributed by atoms with Crippen molar-refractivity contribution >= 4 is 17.5 Å². The zero-order valence-corrected chi connectivity index (χ0v) is 11.4. The third kappa shape index (κ3) is 1.63. The number of halogens is 3. The molecule has 0 N–H and O–H groups in total. The highest BCUT2D eigenvalue weighted by Crippen LogP contribution is 2.54. The van der Waals surface area contributed by atoms with Gasteiger partial charge in [-0.25, -0.2) is 4.90 Å². The van der Waals surface area contributed by atoms with E-state index in [4.69, 9.17) is 0 Å². The molecule has 1 saturated carbocycles. The average molecular weight is 307 g/mol. The monoisotopic (exact) mass is 307 g/mol. The van der Waals surface area contributed by atoms with Crippen LogP contribution in [0.5, 0.6) is 0 Å². The number of carbonyl (C=O) groups excluding carboxylic acids is 2. The molecule has 22 heavy (non-hydrogen) atoms. The summed E-state index contributed by atoms with van der Waals surface area (Å²) in [5.74, 6) is -2.02. The predicted octanol–water partition coefficient (Wildman–Crippen LogP) is 3.02. The first-order valence-electron chi connectivity index (χ1n) is 7.12. The molecule has 3 aliphatic rings. The van der Waals surface area contributed by atoms with Gasteiger partial charge in [0, 0.05) is 0 Å². The maximum Gasteiger partial charge on any atom is 0.418 e.